The van der Waals surface area contributed by atoms with Gasteiger partial charge in [-0.15, -0.1) is 0 Å². The van der Waals surface area contributed by atoms with Crippen molar-refractivity contribution in [1.82, 2.24) is 0 Å². The van der Waals surface area contributed by atoms with Gasteiger partial charge in [-0.25, -0.2) is 0 Å². The fraction of sp³-hybridized carbons (Fsp3) is 0.933. The maximum Gasteiger partial charge on any atom is 0.312 e. The van der Waals surface area contributed by atoms with Gasteiger partial charge in [-0.05, 0) is 74.1 Å². The maximum absolute atomic E-state index is 13.5. The Morgan fingerprint density at radius 1 is 0.484 bits per heavy atom. The smallest absolute Gasteiger partial charge is 0.312 e. The molecule has 5 fully saturated rings. The second-order valence-corrected chi connectivity index (χ2v) is 24.8. The third kappa shape index (κ3) is 21.0. The van der Waals surface area contributed by atoms with Crippen LogP contribution in [0.5, 0.6) is 0 Å². The molecule has 0 radical (unpaired) electrons. The van der Waals surface area contributed by atoms with Crippen molar-refractivity contribution in [2.75, 3.05) is 20.3 Å². The summed E-state index contributed by atoms with van der Waals surface area (Å²) < 4.78 is 82.6. The molecule has 0 unspecified atom stereocenters. The average molecular weight is 1320 g/mol. The third-order valence-corrected chi connectivity index (χ3v) is 17.7. The van der Waals surface area contributed by atoms with Crippen LogP contribution in [-0.2, 0) is 85.5 Å². The molecule has 0 aromatic rings. The lowest BCUT2D eigenvalue weighted by atomic mass is 9.95. The summed E-state index contributed by atoms with van der Waals surface area (Å²) in [5.41, 5.74) is 0. The van der Waals surface area contributed by atoms with Crippen LogP contribution in [0.3, 0.4) is 0 Å². The van der Waals surface area contributed by atoms with Crippen molar-refractivity contribution in [3.05, 3.63) is 0 Å². The summed E-state index contributed by atoms with van der Waals surface area (Å²) in [7, 11) is 1.24. The number of hydrogen-bond donors (Lipinski definition) is 13. The Labute approximate surface area is 530 Å². The molecule has 0 spiro atoms. The van der Waals surface area contributed by atoms with Gasteiger partial charge in [0.15, 0.2) is 43.7 Å². The molecule has 530 valence electrons. The number of aliphatic hydroxyl groups excluding tert-OH is 13. The number of carbonyl (C=O) groups excluding carboxylic acids is 4. The Bertz CT molecular complexity index is 2180. The van der Waals surface area contributed by atoms with Gasteiger partial charge in [0.25, 0.3) is 0 Å². The lowest BCUT2D eigenvalue weighted by molar-refractivity contribution is -0.401. The molecule has 31 nitrogen and oxygen atoms in total. The Hall–Kier alpha value is -3.04. The van der Waals surface area contributed by atoms with E-state index in [2.05, 4.69) is 4.74 Å². The Kier molecular flexibility index (Phi) is 31.9. The summed E-state index contributed by atoms with van der Waals surface area (Å²) in [6.45, 7) is 13.5. The number of carbonyl (C=O) groups is 4. The van der Waals surface area contributed by atoms with E-state index in [4.69, 9.17) is 61.6 Å². The monoisotopic (exact) mass is 1320 g/mol. The molecule has 5 aliphatic rings. The first-order chi connectivity index (χ1) is 42.9. The van der Waals surface area contributed by atoms with Crippen molar-refractivity contribution in [2.45, 2.75) is 318 Å². The van der Waals surface area contributed by atoms with Crippen molar-refractivity contribution in [1.29, 1.82) is 0 Å². The minimum atomic E-state index is -2.06. The standard InChI is InChI=1S/C60H104O31/c1-12-19-34(21-18-16-14-15-17-20-33(63)22-37(64)78-11)84-59-51(43(70)40(67)36(86-59)24-79-56-46(73)44(71)48(31(9)82-56)87-55(77)27(5)29(7)80-54(76)26(4)28(6)62)91-60-52(42(69)39(66)35(23-61)85-60)90-58-47(74)50(88-53(75)25(3)13-2)49(32(10)83-58)89-57-45(72)41(68)38(65)30(8)81-57/h25-36,38-52,56-63,65-74H,12-24H2,1-11H3/t25-,26+,27+,28+,29+,30+,31-,32-,33-,34-,35+,36+,38+,39+,40+,41-,42-,43-,44-,45+,46+,47+,48-,49-,50-,51+,52+,56+,57-,58-,59+,60-/m0/s1. The molecule has 0 saturated carbocycles. The highest BCUT2D eigenvalue weighted by molar-refractivity contribution is 5.76. The molecule has 31 heteroatoms. The fourth-order valence-electron chi connectivity index (χ4n) is 11.0. The van der Waals surface area contributed by atoms with Gasteiger partial charge in [0, 0.05) is 0 Å². The van der Waals surface area contributed by atoms with Crippen LogP contribution in [0.25, 0.3) is 0 Å². The molecular formula is C60H104O31. The number of hydrogen-bond acceptors (Lipinski definition) is 31. The van der Waals surface area contributed by atoms with E-state index in [1.54, 1.807) is 13.8 Å². The molecule has 0 aromatic carbocycles. The van der Waals surface area contributed by atoms with Crippen molar-refractivity contribution in [3.8, 4) is 0 Å². The number of unbranched alkanes of at least 4 members (excludes halogenated alkanes) is 4. The number of aliphatic hydroxyl groups is 13. The van der Waals surface area contributed by atoms with Gasteiger partial charge in [-0.3, -0.25) is 19.2 Å². The van der Waals surface area contributed by atoms with E-state index in [1.807, 2.05) is 6.92 Å². The Balaban J connectivity index is 1.38. The van der Waals surface area contributed by atoms with Gasteiger partial charge < -0.3 is 133 Å². The first kappa shape index (κ1) is 78.7. The van der Waals surface area contributed by atoms with Crippen LogP contribution in [0.15, 0.2) is 0 Å². The van der Waals surface area contributed by atoms with E-state index >= 15 is 0 Å². The zero-order valence-corrected chi connectivity index (χ0v) is 53.8. The van der Waals surface area contributed by atoms with Crippen LogP contribution in [-0.4, -0.2) is 289 Å². The highest BCUT2D eigenvalue weighted by Gasteiger charge is 2.57. The predicted octanol–water partition coefficient (Wildman–Crippen LogP) is -2.26. The van der Waals surface area contributed by atoms with Gasteiger partial charge in [0.2, 0.25) is 0 Å². The van der Waals surface area contributed by atoms with E-state index in [9.17, 15) is 85.6 Å². The summed E-state index contributed by atoms with van der Waals surface area (Å²) in [4.78, 5) is 50.8. The molecule has 0 aromatic heterocycles. The second kappa shape index (κ2) is 36.9. The van der Waals surface area contributed by atoms with E-state index in [0.29, 0.717) is 51.4 Å². The molecule has 5 aliphatic heterocycles. The summed E-state index contributed by atoms with van der Waals surface area (Å²) in [6.07, 6.45) is -40.7. The van der Waals surface area contributed by atoms with E-state index in [1.165, 1.54) is 55.6 Å². The van der Waals surface area contributed by atoms with Crippen molar-refractivity contribution < 1.29 is 152 Å². The molecule has 5 saturated heterocycles. The number of methoxy groups -OCH3 is 1. The minimum absolute atomic E-state index is 0.117. The SMILES string of the molecule is CCC[C@@H](CCCCCCC[C@H](O)CC(=O)OC)O[C@@H]1O[C@H](CO[C@@H]2O[C@@H](C)[C@H](OC(=O)[C@H](C)[C@@H](C)OC(=O)[C@H](C)[C@@H](C)O)[C@@H](O)[C@H]2O)[C@@H](O)[C@H](O)[C@H]1O[C@@H]1O[C@H](CO)[C@@H](O)[C@H](O)[C@H]1O[C@@H]1O[C@@H](C)[C@H](O[C@@H]2O[C@H](C)[C@@H](O)[C@H](O)[C@H]2O)[C@@H](OC(=O)[C@@H](C)CC)[C@H]1O. The van der Waals surface area contributed by atoms with Gasteiger partial charge in [0.1, 0.15) is 97.7 Å². The van der Waals surface area contributed by atoms with Gasteiger partial charge in [-0.2, -0.15) is 0 Å². The number of esters is 4. The van der Waals surface area contributed by atoms with Crippen LogP contribution < -0.4 is 0 Å². The molecule has 5 rings (SSSR count). The highest BCUT2D eigenvalue weighted by Crippen LogP contribution is 2.38. The van der Waals surface area contributed by atoms with E-state index < -0.39 is 233 Å². The normalized spacial score (nSPS) is 39.5. The summed E-state index contributed by atoms with van der Waals surface area (Å²) in [5, 5.41) is 144. The zero-order valence-electron chi connectivity index (χ0n) is 53.8. The van der Waals surface area contributed by atoms with Gasteiger partial charge in [-0.1, -0.05) is 59.3 Å². The van der Waals surface area contributed by atoms with Gasteiger partial charge >= 0.3 is 23.9 Å². The highest BCUT2D eigenvalue weighted by atomic mass is 16.8. The first-order valence-electron chi connectivity index (χ1n) is 31.9. The number of rotatable bonds is 33. The average Bonchev–Trinajstić information content (AvgIpc) is 0.792. The molecule has 5 heterocycles. The van der Waals surface area contributed by atoms with E-state index in [-0.39, 0.29) is 6.42 Å². The van der Waals surface area contributed by atoms with E-state index in [0.717, 1.165) is 12.8 Å². The van der Waals surface area contributed by atoms with Crippen LogP contribution in [0, 0.1) is 17.8 Å². The first-order valence-corrected chi connectivity index (χ1v) is 31.9. The molecule has 0 aliphatic carbocycles. The molecular weight excluding hydrogens is 1220 g/mol. The quantitative estimate of drug-likeness (QED) is 0.0187. The second-order valence-electron chi connectivity index (χ2n) is 24.8. The van der Waals surface area contributed by atoms with Crippen LogP contribution in [0.2, 0.25) is 0 Å². The molecule has 91 heavy (non-hydrogen) atoms. The number of ether oxygens (including phenoxy) is 14. The maximum atomic E-state index is 13.5. The van der Waals surface area contributed by atoms with Crippen molar-refractivity contribution in [2.24, 2.45) is 17.8 Å². The molecule has 32 atom stereocenters. The Morgan fingerprint density at radius 3 is 1.62 bits per heavy atom. The predicted molar refractivity (Wildman–Crippen MR) is 308 cm³/mol. The summed E-state index contributed by atoms with van der Waals surface area (Å²) >= 11 is 0. The van der Waals surface area contributed by atoms with Gasteiger partial charge in [0.05, 0.1) is 81.1 Å². The largest absolute Gasteiger partial charge is 0.469 e. The minimum Gasteiger partial charge on any atom is -0.469 e. The lowest BCUT2D eigenvalue weighted by Crippen LogP contribution is -2.67. The van der Waals surface area contributed by atoms with Crippen LogP contribution in [0.4, 0.5) is 0 Å². The van der Waals surface area contributed by atoms with Crippen LogP contribution in [0.1, 0.15) is 140 Å². The summed E-state index contributed by atoms with van der Waals surface area (Å²) in [5.74, 6) is -5.68. The Morgan fingerprint density at radius 2 is 1.00 bits per heavy atom. The zero-order chi connectivity index (χ0) is 67.9. The topological polar surface area (TPSA) is 460 Å². The fourth-order valence-corrected chi connectivity index (χ4v) is 11.0. The summed E-state index contributed by atoms with van der Waals surface area (Å²) in [6, 6.07) is 0. The lowest BCUT2D eigenvalue weighted by Gasteiger charge is -2.50. The molecule has 0 bridgehead atoms. The van der Waals surface area contributed by atoms with Crippen molar-refractivity contribution in [3.63, 3.8) is 0 Å². The third-order valence-electron chi connectivity index (χ3n) is 17.7. The molecule has 0 amide bonds. The molecule has 13 N–H and O–H groups in total. The van der Waals surface area contributed by atoms with Crippen LogP contribution >= 0.6 is 0 Å². The van der Waals surface area contributed by atoms with Crippen molar-refractivity contribution >= 4 is 23.9 Å².